The van der Waals surface area contributed by atoms with Crippen LogP contribution in [0, 0.1) is 6.92 Å². The van der Waals surface area contributed by atoms with E-state index >= 15 is 0 Å². The molecule has 4 heteroatoms. The molecule has 0 amide bonds. The summed E-state index contributed by atoms with van der Waals surface area (Å²) < 4.78 is 1.88. The number of benzene rings is 1. The summed E-state index contributed by atoms with van der Waals surface area (Å²) in [6.45, 7) is 5.93. The van der Waals surface area contributed by atoms with Crippen LogP contribution in [-0.4, -0.2) is 21.3 Å². The van der Waals surface area contributed by atoms with Crippen molar-refractivity contribution in [2.75, 3.05) is 12.3 Å². The van der Waals surface area contributed by atoms with Crippen LogP contribution in [0.4, 0.5) is 5.95 Å². The minimum Gasteiger partial charge on any atom is -0.394 e. The van der Waals surface area contributed by atoms with E-state index < -0.39 is 5.54 Å². The Morgan fingerprint density at radius 1 is 1.44 bits per heavy atom. The highest BCUT2D eigenvalue weighted by Crippen LogP contribution is 2.27. The third-order valence-corrected chi connectivity index (χ3v) is 2.83. The molecule has 0 atom stereocenters. The molecular formula is C12H17N3O. The van der Waals surface area contributed by atoms with Crippen molar-refractivity contribution in [2.24, 2.45) is 0 Å². The Hall–Kier alpha value is -1.55. The van der Waals surface area contributed by atoms with Crippen LogP contribution in [-0.2, 0) is 5.54 Å². The van der Waals surface area contributed by atoms with E-state index in [9.17, 15) is 5.11 Å². The smallest absolute Gasteiger partial charge is 0.201 e. The summed E-state index contributed by atoms with van der Waals surface area (Å²) in [7, 11) is 0. The van der Waals surface area contributed by atoms with Gasteiger partial charge in [-0.05, 0) is 38.5 Å². The van der Waals surface area contributed by atoms with E-state index in [2.05, 4.69) is 4.98 Å². The lowest BCUT2D eigenvalue weighted by Gasteiger charge is -2.25. The van der Waals surface area contributed by atoms with Gasteiger partial charge in [0.05, 0.1) is 23.2 Å². The van der Waals surface area contributed by atoms with E-state index in [1.54, 1.807) is 0 Å². The fraction of sp³-hybridized carbons (Fsp3) is 0.417. The van der Waals surface area contributed by atoms with Crippen LogP contribution < -0.4 is 5.73 Å². The molecule has 0 bridgehead atoms. The van der Waals surface area contributed by atoms with Gasteiger partial charge in [-0.1, -0.05) is 6.07 Å². The standard InChI is InChI=1S/C12H17N3O/c1-8-4-5-9-10(6-8)15(11(13)14-9)12(2,3)7-16/h4-6,16H,7H2,1-3H3,(H2,13,14). The van der Waals surface area contributed by atoms with Crippen LogP contribution in [0.5, 0.6) is 0 Å². The van der Waals surface area contributed by atoms with E-state index in [0.29, 0.717) is 5.95 Å². The van der Waals surface area contributed by atoms with Crippen molar-refractivity contribution in [3.8, 4) is 0 Å². The Balaban J connectivity index is 2.77. The molecule has 0 spiro atoms. The minimum atomic E-state index is -0.438. The number of hydrogen-bond acceptors (Lipinski definition) is 3. The third kappa shape index (κ3) is 1.55. The van der Waals surface area contributed by atoms with Gasteiger partial charge in [0.2, 0.25) is 5.95 Å². The van der Waals surface area contributed by atoms with E-state index in [4.69, 9.17) is 5.73 Å². The van der Waals surface area contributed by atoms with Crippen molar-refractivity contribution < 1.29 is 5.11 Å². The topological polar surface area (TPSA) is 64.1 Å². The quantitative estimate of drug-likeness (QED) is 0.807. The van der Waals surface area contributed by atoms with Crippen LogP contribution >= 0.6 is 0 Å². The summed E-state index contributed by atoms with van der Waals surface area (Å²) in [6, 6.07) is 5.99. The molecule has 0 radical (unpaired) electrons. The first-order valence-electron chi connectivity index (χ1n) is 5.31. The third-order valence-electron chi connectivity index (χ3n) is 2.83. The Kier molecular flexibility index (Phi) is 2.39. The number of hydrogen-bond donors (Lipinski definition) is 2. The van der Waals surface area contributed by atoms with Gasteiger partial charge in [-0.25, -0.2) is 4.98 Å². The summed E-state index contributed by atoms with van der Waals surface area (Å²) in [5.41, 5.74) is 8.46. The number of aromatic nitrogens is 2. The van der Waals surface area contributed by atoms with Crippen molar-refractivity contribution >= 4 is 17.0 Å². The normalized spacial score (nSPS) is 12.2. The van der Waals surface area contributed by atoms with Gasteiger partial charge in [-0.15, -0.1) is 0 Å². The maximum Gasteiger partial charge on any atom is 0.201 e. The zero-order valence-corrected chi connectivity index (χ0v) is 9.86. The number of aliphatic hydroxyl groups excluding tert-OH is 1. The van der Waals surface area contributed by atoms with Crippen molar-refractivity contribution in [2.45, 2.75) is 26.3 Å². The molecule has 1 aromatic heterocycles. The zero-order valence-electron chi connectivity index (χ0n) is 9.86. The highest BCUT2D eigenvalue weighted by Gasteiger charge is 2.24. The van der Waals surface area contributed by atoms with E-state index in [1.165, 1.54) is 0 Å². The molecule has 0 aliphatic heterocycles. The lowest BCUT2D eigenvalue weighted by molar-refractivity contribution is 0.169. The molecule has 0 aliphatic carbocycles. The largest absolute Gasteiger partial charge is 0.394 e. The Morgan fingerprint density at radius 2 is 2.12 bits per heavy atom. The maximum absolute atomic E-state index is 9.41. The predicted molar refractivity (Wildman–Crippen MR) is 65.3 cm³/mol. The number of fused-ring (bicyclic) bond motifs is 1. The predicted octanol–water partition coefficient (Wildman–Crippen LogP) is 1.65. The Morgan fingerprint density at radius 3 is 2.75 bits per heavy atom. The fourth-order valence-corrected chi connectivity index (χ4v) is 1.91. The SMILES string of the molecule is Cc1ccc2nc(N)n(C(C)(C)CO)c2c1. The lowest BCUT2D eigenvalue weighted by atomic mass is 10.1. The lowest BCUT2D eigenvalue weighted by Crippen LogP contribution is -2.31. The monoisotopic (exact) mass is 219 g/mol. The second-order valence-electron chi connectivity index (χ2n) is 4.77. The molecule has 4 nitrogen and oxygen atoms in total. The Bertz CT molecular complexity index is 528. The van der Waals surface area contributed by atoms with Crippen LogP contribution in [0.15, 0.2) is 18.2 Å². The van der Waals surface area contributed by atoms with E-state index in [1.807, 2.05) is 43.5 Å². The van der Waals surface area contributed by atoms with Gasteiger partial charge >= 0.3 is 0 Å². The number of nitrogens with zero attached hydrogens (tertiary/aromatic N) is 2. The van der Waals surface area contributed by atoms with Gasteiger partial charge in [-0.3, -0.25) is 0 Å². The summed E-state index contributed by atoms with van der Waals surface area (Å²) in [5, 5.41) is 9.41. The average molecular weight is 219 g/mol. The molecule has 0 aliphatic rings. The number of rotatable bonds is 2. The van der Waals surface area contributed by atoms with Crippen LogP contribution in [0.2, 0.25) is 0 Å². The number of anilines is 1. The summed E-state index contributed by atoms with van der Waals surface area (Å²) >= 11 is 0. The summed E-state index contributed by atoms with van der Waals surface area (Å²) in [6.07, 6.45) is 0. The van der Waals surface area contributed by atoms with Crippen LogP contribution in [0.1, 0.15) is 19.4 Å². The molecule has 2 aromatic rings. The fourth-order valence-electron chi connectivity index (χ4n) is 1.91. The van der Waals surface area contributed by atoms with E-state index in [0.717, 1.165) is 16.6 Å². The molecule has 0 fully saturated rings. The summed E-state index contributed by atoms with van der Waals surface area (Å²) in [5.74, 6) is 0.444. The highest BCUT2D eigenvalue weighted by molar-refractivity contribution is 5.79. The highest BCUT2D eigenvalue weighted by atomic mass is 16.3. The Labute approximate surface area is 94.7 Å². The van der Waals surface area contributed by atoms with Gasteiger partial charge in [0.1, 0.15) is 0 Å². The number of aryl methyl sites for hydroxylation is 1. The first-order valence-corrected chi connectivity index (χ1v) is 5.31. The van der Waals surface area contributed by atoms with Crippen LogP contribution in [0.25, 0.3) is 11.0 Å². The molecular weight excluding hydrogens is 202 g/mol. The molecule has 0 saturated carbocycles. The molecule has 3 N–H and O–H groups in total. The number of aliphatic hydroxyl groups is 1. The van der Waals surface area contributed by atoms with Crippen molar-refractivity contribution in [3.05, 3.63) is 23.8 Å². The van der Waals surface area contributed by atoms with Gasteiger partial charge < -0.3 is 15.4 Å². The van der Waals surface area contributed by atoms with Crippen molar-refractivity contribution in [1.29, 1.82) is 0 Å². The molecule has 1 aromatic carbocycles. The van der Waals surface area contributed by atoms with E-state index in [-0.39, 0.29) is 6.61 Å². The molecule has 1 heterocycles. The first-order chi connectivity index (χ1) is 7.45. The second-order valence-corrected chi connectivity index (χ2v) is 4.77. The number of imidazole rings is 1. The van der Waals surface area contributed by atoms with Crippen molar-refractivity contribution in [3.63, 3.8) is 0 Å². The summed E-state index contributed by atoms with van der Waals surface area (Å²) in [4.78, 5) is 4.30. The zero-order chi connectivity index (χ0) is 11.9. The van der Waals surface area contributed by atoms with Gasteiger partial charge in [0.25, 0.3) is 0 Å². The average Bonchev–Trinajstić information content (AvgIpc) is 2.54. The second kappa shape index (κ2) is 3.49. The maximum atomic E-state index is 9.41. The van der Waals surface area contributed by atoms with Gasteiger partial charge in [-0.2, -0.15) is 0 Å². The molecule has 16 heavy (non-hydrogen) atoms. The number of nitrogen functional groups attached to an aromatic ring is 1. The minimum absolute atomic E-state index is 0.0244. The number of nitrogens with two attached hydrogens (primary N) is 1. The molecule has 2 rings (SSSR count). The first kappa shape index (κ1) is 11.0. The molecule has 86 valence electrons. The van der Waals surface area contributed by atoms with Gasteiger partial charge in [0, 0.05) is 0 Å². The van der Waals surface area contributed by atoms with Crippen LogP contribution in [0.3, 0.4) is 0 Å². The van der Waals surface area contributed by atoms with Gasteiger partial charge in [0.15, 0.2) is 0 Å². The molecule has 0 saturated heterocycles. The van der Waals surface area contributed by atoms with Crippen molar-refractivity contribution in [1.82, 2.24) is 9.55 Å². The molecule has 0 unspecified atom stereocenters.